The third-order valence-corrected chi connectivity index (χ3v) is 4.88. The van der Waals surface area contributed by atoms with Crippen LogP contribution >= 0.6 is 11.8 Å². The Morgan fingerprint density at radius 2 is 2.05 bits per heavy atom. The number of nitrogens with two attached hydrogens (primary N) is 1. The molecule has 0 amide bonds. The molecule has 1 atom stereocenters. The molecule has 0 aliphatic carbocycles. The van der Waals surface area contributed by atoms with E-state index in [0.29, 0.717) is 6.54 Å². The zero-order chi connectivity index (χ0) is 13.8. The Bertz CT molecular complexity index is 554. The maximum atomic E-state index is 5.93. The normalized spacial score (nSPS) is 16.4. The number of aromatic nitrogens is 4. The fraction of sp³-hybridized carbons (Fsp3) is 0.500. The number of hydrogen-bond acceptors (Lipinski definition) is 5. The van der Waals surface area contributed by atoms with Gasteiger partial charge in [-0.3, -0.25) is 4.98 Å². The second-order valence-electron chi connectivity index (χ2n) is 4.98. The average Bonchev–Trinajstić information content (AvgIpc) is 2.72. The molecule has 20 heavy (non-hydrogen) atoms. The summed E-state index contributed by atoms with van der Waals surface area (Å²) >= 11 is 1.71. The van der Waals surface area contributed by atoms with Gasteiger partial charge in [0, 0.05) is 37.2 Å². The summed E-state index contributed by atoms with van der Waals surface area (Å²) in [5.41, 5.74) is 7.12. The first-order valence-corrected chi connectivity index (χ1v) is 7.95. The van der Waals surface area contributed by atoms with Gasteiger partial charge in [0.15, 0.2) is 5.16 Å². The fourth-order valence-electron chi connectivity index (χ4n) is 2.50. The summed E-state index contributed by atoms with van der Waals surface area (Å²) in [5.74, 6) is 1.12. The van der Waals surface area contributed by atoms with Crippen LogP contribution in [0.5, 0.6) is 0 Å². The monoisotopic (exact) mass is 289 g/mol. The Balaban J connectivity index is 1.81. The van der Waals surface area contributed by atoms with Gasteiger partial charge in [-0.2, -0.15) is 0 Å². The van der Waals surface area contributed by atoms with Crippen molar-refractivity contribution in [3.8, 4) is 0 Å². The molecule has 0 bridgehead atoms. The van der Waals surface area contributed by atoms with E-state index in [0.717, 1.165) is 23.9 Å². The minimum atomic E-state index is 0.203. The van der Waals surface area contributed by atoms with Gasteiger partial charge in [-0.25, -0.2) is 0 Å². The van der Waals surface area contributed by atoms with Crippen molar-refractivity contribution >= 4 is 11.8 Å². The van der Waals surface area contributed by atoms with Crippen LogP contribution in [0, 0.1) is 0 Å². The number of thioether (sulfide) groups is 1. The predicted octanol–water partition coefficient (Wildman–Crippen LogP) is 2.19. The van der Waals surface area contributed by atoms with Crippen molar-refractivity contribution in [3.05, 3.63) is 35.9 Å². The molecule has 6 heteroatoms. The SMILES string of the molecule is NCC(Sc1nnc2n1CCCCC2)c1ccncc1. The Morgan fingerprint density at radius 1 is 1.20 bits per heavy atom. The number of rotatable bonds is 4. The van der Waals surface area contributed by atoms with E-state index in [2.05, 4.69) is 19.7 Å². The number of fused-ring (bicyclic) bond motifs is 1. The van der Waals surface area contributed by atoms with Crippen LogP contribution in [0.15, 0.2) is 29.7 Å². The van der Waals surface area contributed by atoms with Gasteiger partial charge in [-0.15, -0.1) is 10.2 Å². The minimum Gasteiger partial charge on any atom is -0.329 e. The predicted molar refractivity (Wildman–Crippen MR) is 79.5 cm³/mol. The van der Waals surface area contributed by atoms with Crippen molar-refractivity contribution in [2.45, 2.75) is 42.6 Å². The Hall–Kier alpha value is -1.40. The van der Waals surface area contributed by atoms with Gasteiger partial charge < -0.3 is 10.3 Å². The molecule has 5 nitrogen and oxygen atoms in total. The van der Waals surface area contributed by atoms with Gasteiger partial charge in [0.2, 0.25) is 0 Å². The molecule has 1 aliphatic rings. The van der Waals surface area contributed by atoms with Gasteiger partial charge in [0.05, 0.1) is 0 Å². The summed E-state index contributed by atoms with van der Waals surface area (Å²) in [6.07, 6.45) is 8.36. The topological polar surface area (TPSA) is 69.6 Å². The number of hydrogen-bond donors (Lipinski definition) is 1. The Labute approximate surface area is 123 Å². The van der Waals surface area contributed by atoms with Gasteiger partial charge in [-0.1, -0.05) is 18.2 Å². The quantitative estimate of drug-likeness (QED) is 0.874. The summed E-state index contributed by atoms with van der Waals surface area (Å²) in [6.45, 7) is 1.61. The van der Waals surface area contributed by atoms with E-state index in [-0.39, 0.29) is 5.25 Å². The van der Waals surface area contributed by atoms with Crippen molar-refractivity contribution in [1.82, 2.24) is 19.7 Å². The molecule has 0 aromatic carbocycles. The first-order valence-electron chi connectivity index (χ1n) is 7.07. The van der Waals surface area contributed by atoms with Crippen LogP contribution in [0.4, 0.5) is 0 Å². The fourth-order valence-corrected chi connectivity index (χ4v) is 3.56. The lowest BCUT2D eigenvalue weighted by Crippen LogP contribution is -2.11. The lowest BCUT2D eigenvalue weighted by Gasteiger charge is -2.14. The molecule has 2 aromatic rings. The van der Waals surface area contributed by atoms with Gasteiger partial charge in [-0.05, 0) is 30.5 Å². The summed E-state index contributed by atoms with van der Waals surface area (Å²) in [4.78, 5) is 4.06. The van der Waals surface area contributed by atoms with Crippen molar-refractivity contribution in [2.75, 3.05) is 6.54 Å². The van der Waals surface area contributed by atoms with Crippen LogP contribution < -0.4 is 5.73 Å². The lowest BCUT2D eigenvalue weighted by molar-refractivity contribution is 0.590. The third kappa shape index (κ3) is 2.86. The van der Waals surface area contributed by atoms with Crippen LogP contribution in [0.3, 0.4) is 0 Å². The lowest BCUT2D eigenvalue weighted by atomic mass is 10.2. The summed E-state index contributed by atoms with van der Waals surface area (Å²) in [6, 6.07) is 4.04. The highest BCUT2D eigenvalue weighted by atomic mass is 32.2. The molecule has 2 N–H and O–H groups in total. The second kappa shape index (κ2) is 6.37. The summed E-state index contributed by atoms with van der Waals surface area (Å²) in [5, 5.41) is 9.89. The van der Waals surface area contributed by atoms with E-state index in [9.17, 15) is 0 Å². The minimum absolute atomic E-state index is 0.203. The molecular weight excluding hydrogens is 270 g/mol. The largest absolute Gasteiger partial charge is 0.329 e. The van der Waals surface area contributed by atoms with Gasteiger partial charge in [0.1, 0.15) is 5.82 Å². The van der Waals surface area contributed by atoms with Crippen molar-refractivity contribution in [1.29, 1.82) is 0 Å². The van der Waals surface area contributed by atoms with Crippen molar-refractivity contribution < 1.29 is 0 Å². The molecule has 3 heterocycles. The highest BCUT2D eigenvalue weighted by Crippen LogP contribution is 2.34. The maximum Gasteiger partial charge on any atom is 0.191 e. The Kier molecular flexibility index (Phi) is 4.32. The molecule has 2 aromatic heterocycles. The molecule has 0 radical (unpaired) electrons. The van der Waals surface area contributed by atoms with E-state index in [1.165, 1.54) is 24.8 Å². The molecule has 0 spiro atoms. The summed E-state index contributed by atoms with van der Waals surface area (Å²) in [7, 11) is 0. The zero-order valence-corrected chi connectivity index (χ0v) is 12.2. The van der Waals surface area contributed by atoms with Gasteiger partial charge in [0.25, 0.3) is 0 Å². The first kappa shape index (κ1) is 13.6. The number of aryl methyl sites for hydroxylation is 1. The highest BCUT2D eigenvalue weighted by molar-refractivity contribution is 7.99. The standard InChI is InChI=1S/C14H19N5S/c15-10-12(11-5-7-16-8-6-11)20-14-18-17-13-4-2-1-3-9-19(13)14/h5-8,12H,1-4,9-10,15H2. The smallest absolute Gasteiger partial charge is 0.191 e. The molecule has 0 saturated carbocycles. The van der Waals surface area contributed by atoms with Crippen LogP contribution in [-0.4, -0.2) is 26.3 Å². The average molecular weight is 289 g/mol. The van der Waals surface area contributed by atoms with E-state index in [4.69, 9.17) is 5.73 Å². The van der Waals surface area contributed by atoms with Crippen LogP contribution in [0.2, 0.25) is 0 Å². The molecule has 106 valence electrons. The maximum absolute atomic E-state index is 5.93. The van der Waals surface area contributed by atoms with Crippen LogP contribution in [0.1, 0.15) is 35.9 Å². The van der Waals surface area contributed by atoms with Crippen LogP contribution in [0.25, 0.3) is 0 Å². The van der Waals surface area contributed by atoms with Crippen LogP contribution in [-0.2, 0) is 13.0 Å². The van der Waals surface area contributed by atoms with E-state index in [1.54, 1.807) is 11.8 Å². The molecule has 3 rings (SSSR count). The second-order valence-corrected chi connectivity index (χ2v) is 6.15. The first-order chi connectivity index (χ1) is 9.88. The number of pyridine rings is 1. The summed E-state index contributed by atoms with van der Waals surface area (Å²) < 4.78 is 2.27. The van der Waals surface area contributed by atoms with E-state index < -0.39 is 0 Å². The molecule has 0 fully saturated rings. The molecule has 1 unspecified atom stereocenters. The van der Waals surface area contributed by atoms with E-state index in [1.807, 2.05) is 24.5 Å². The highest BCUT2D eigenvalue weighted by Gasteiger charge is 2.19. The third-order valence-electron chi connectivity index (χ3n) is 3.62. The Morgan fingerprint density at radius 3 is 2.85 bits per heavy atom. The van der Waals surface area contributed by atoms with Gasteiger partial charge >= 0.3 is 0 Å². The van der Waals surface area contributed by atoms with Crippen molar-refractivity contribution in [3.63, 3.8) is 0 Å². The van der Waals surface area contributed by atoms with Crippen molar-refractivity contribution in [2.24, 2.45) is 5.73 Å². The zero-order valence-electron chi connectivity index (χ0n) is 11.4. The number of nitrogens with zero attached hydrogens (tertiary/aromatic N) is 4. The molecule has 1 aliphatic heterocycles. The molecular formula is C14H19N5S. The van der Waals surface area contributed by atoms with E-state index >= 15 is 0 Å². The molecule has 0 saturated heterocycles.